The highest BCUT2D eigenvalue weighted by Crippen LogP contribution is 2.43. The smallest absolute Gasteiger partial charge is 0.342 e. The van der Waals surface area contributed by atoms with Crippen LogP contribution in [-0.2, 0) is 14.8 Å². The van der Waals surface area contributed by atoms with Gasteiger partial charge in [0.05, 0.1) is 12.2 Å². The maximum Gasteiger partial charge on any atom is 0.406 e. The minimum absolute atomic E-state index is 0.205. The number of amides is 1. The molecule has 4 rings (SSSR count). The van der Waals surface area contributed by atoms with Crippen molar-refractivity contribution >= 4 is 15.9 Å². The number of halogens is 3. The fourth-order valence-electron chi connectivity index (χ4n) is 6.75. The van der Waals surface area contributed by atoms with Gasteiger partial charge in [0.25, 0.3) is 0 Å². The van der Waals surface area contributed by atoms with Crippen LogP contribution in [0.3, 0.4) is 0 Å². The van der Waals surface area contributed by atoms with E-state index in [1.807, 2.05) is 0 Å². The summed E-state index contributed by atoms with van der Waals surface area (Å²) in [5.41, 5.74) is 2.65. The number of fused-ring (bicyclic) bond motifs is 1. The Kier molecular flexibility index (Phi) is 7.08. The zero-order valence-corrected chi connectivity index (χ0v) is 20.5. The average Bonchev–Trinajstić information content (AvgIpc) is 3.11. The molecule has 7 nitrogen and oxygen atoms in total. The van der Waals surface area contributed by atoms with Gasteiger partial charge in [-0.15, -0.1) is 0 Å². The quantitative estimate of drug-likeness (QED) is 0.652. The number of rotatable bonds is 3. The molecule has 6 unspecified atom stereocenters. The number of nitrogens with one attached hydrogen (secondary N) is 1. The van der Waals surface area contributed by atoms with Crippen LogP contribution >= 0.6 is 0 Å². The van der Waals surface area contributed by atoms with Crippen LogP contribution in [0.2, 0.25) is 0 Å². The maximum atomic E-state index is 14.0. The number of carbonyl (C=O) groups excluding carboxylic acids is 1. The normalized spacial score (nSPS) is 37.8. The number of hydrogen-bond acceptors (Lipinski definition) is 5. The molecule has 4 aliphatic rings. The summed E-state index contributed by atoms with van der Waals surface area (Å²) in [5.74, 6) is -0.458. The molecule has 0 radical (unpaired) electrons. The summed E-state index contributed by atoms with van der Waals surface area (Å²) in [6.07, 6.45) is 0.446. The van der Waals surface area contributed by atoms with E-state index in [9.17, 15) is 26.4 Å². The van der Waals surface area contributed by atoms with Gasteiger partial charge in [-0.3, -0.25) is 4.79 Å². The summed E-state index contributed by atoms with van der Waals surface area (Å²) in [6.45, 7) is 6.54. The molecule has 0 spiro atoms. The Morgan fingerprint density at radius 1 is 0.939 bits per heavy atom. The first kappa shape index (κ1) is 25.2. The highest BCUT2D eigenvalue weighted by molar-refractivity contribution is 7.88. The Bertz CT molecular complexity index is 821. The number of nitrogens with zero attached hydrogens (tertiary/aromatic N) is 3. The van der Waals surface area contributed by atoms with Crippen LogP contribution in [0.1, 0.15) is 46.0 Å². The molecule has 0 saturated carbocycles. The summed E-state index contributed by atoms with van der Waals surface area (Å²) in [4.78, 5) is 15.2. The Morgan fingerprint density at radius 2 is 1.52 bits per heavy atom. The molecule has 0 aromatic carbocycles. The van der Waals surface area contributed by atoms with Crippen molar-refractivity contribution in [2.45, 2.75) is 64.2 Å². The molecular weight excluding hydrogens is 457 g/mol. The summed E-state index contributed by atoms with van der Waals surface area (Å²) < 4.78 is 67.2. The van der Waals surface area contributed by atoms with Crippen LogP contribution < -0.4 is 5.43 Å². The number of piperidine rings is 3. The third kappa shape index (κ3) is 5.36. The summed E-state index contributed by atoms with van der Waals surface area (Å²) >= 11 is 0. The Labute approximate surface area is 195 Å². The molecule has 33 heavy (non-hydrogen) atoms. The van der Waals surface area contributed by atoms with Crippen molar-refractivity contribution in [3.8, 4) is 0 Å². The van der Waals surface area contributed by atoms with Crippen LogP contribution in [0.15, 0.2) is 0 Å². The summed E-state index contributed by atoms with van der Waals surface area (Å²) in [5, 5.41) is 1.67. The van der Waals surface area contributed by atoms with Crippen molar-refractivity contribution in [1.29, 1.82) is 0 Å². The first-order chi connectivity index (χ1) is 15.3. The highest BCUT2D eigenvalue weighted by atomic mass is 32.2. The molecule has 4 heterocycles. The van der Waals surface area contributed by atoms with Crippen LogP contribution in [0.5, 0.6) is 0 Å². The van der Waals surface area contributed by atoms with Gasteiger partial charge in [-0.25, -0.2) is 23.2 Å². The number of likely N-dealkylation sites (tertiary alicyclic amines) is 1. The van der Waals surface area contributed by atoms with E-state index in [4.69, 9.17) is 0 Å². The number of alkyl halides is 3. The summed E-state index contributed by atoms with van der Waals surface area (Å²) in [7, 11) is -3.22. The molecule has 4 aliphatic heterocycles. The molecule has 0 bridgehead atoms. The monoisotopic (exact) mass is 494 g/mol. The second-order valence-electron chi connectivity index (χ2n) is 10.9. The summed E-state index contributed by atoms with van der Waals surface area (Å²) in [6, 6.07) is -2.34. The zero-order valence-electron chi connectivity index (χ0n) is 19.7. The Hall–Kier alpha value is -0.910. The van der Waals surface area contributed by atoms with Gasteiger partial charge in [-0.1, -0.05) is 13.8 Å². The molecule has 4 saturated heterocycles. The van der Waals surface area contributed by atoms with E-state index in [0.29, 0.717) is 39.1 Å². The number of carbonyl (C=O) groups is 1. The number of hydrazine groups is 1. The van der Waals surface area contributed by atoms with Gasteiger partial charge in [-0.2, -0.15) is 13.2 Å². The van der Waals surface area contributed by atoms with E-state index in [2.05, 4.69) is 19.3 Å². The van der Waals surface area contributed by atoms with E-state index in [-0.39, 0.29) is 29.6 Å². The van der Waals surface area contributed by atoms with Crippen molar-refractivity contribution in [2.75, 3.05) is 39.0 Å². The SMILES string of the molecule is CC1CC(C)CN(C(=O)C2C3CC(C4CCN(S(C)(=O)=O)CC4)CCN3NC2C(F)(F)F)C1. The third-order valence-corrected chi connectivity index (χ3v) is 9.52. The molecule has 11 heteroatoms. The lowest BCUT2D eigenvalue weighted by molar-refractivity contribution is -0.173. The standard InChI is InChI=1S/C22H37F3N4O3S/c1-14-10-15(2)13-27(12-14)21(30)19-18-11-17(6-9-29(18)26-20(19)22(23,24)25)16-4-7-28(8-5-16)33(3,31)32/h14-20,26H,4-13H2,1-3H3. The van der Waals surface area contributed by atoms with E-state index in [0.717, 1.165) is 25.7 Å². The van der Waals surface area contributed by atoms with Gasteiger partial charge in [0.15, 0.2) is 0 Å². The van der Waals surface area contributed by atoms with E-state index in [1.54, 1.807) is 9.91 Å². The third-order valence-electron chi connectivity index (χ3n) is 8.22. The molecular formula is C22H37F3N4O3S. The molecule has 190 valence electrons. The second kappa shape index (κ2) is 9.28. The van der Waals surface area contributed by atoms with Crippen LogP contribution in [0.4, 0.5) is 13.2 Å². The molecule has 0 aromatic rings. The van der Waals surface area contributed by atoms with Gasteiger partial charge >= 0.3 is 6.18 Å². The topological polar surface area (TPSA) is 73.0 Å². The van der Waals surface area contributed by atoms with E-state index in [1.165, 1.54) is 10.6 Å². The molecule has 4 fully saturated rings. The second-order valence-corrected chi connectivity index (χ2v) is 12.9. The zero-order chi connectivity index (χ0) is 24.1. The number of sulfonamides is 1. The number of hydrogen-bond donors (Lipinski definition) is 1. The molecule has 0 aromatic heterocycles. The van der Waals surface area contributed by atoms with Gasteiger partial charge in [0.1, 0.15) is 6.04 Å². The van der Waals surface area contributed by atoms with Gasteiger partial charge in [0, 0.05) is 38.8 Å². The minimum atomic E-state index is -4.50. The average molecular weight is 495 g/mol. The maximum absolute atomic E-state index is 14.0. The van der Waals surface area contributed by atoms with E-state index >= 15 is 0 Å². The van der Waals surface area contributed by atoms with Crippen LogP contribution in [0.25, 0.3) is 0 Å². The van der Waals surface area contributed by atoms with E-state index < -0.39 is 34.2 Å². The molecule has 1 N–H and O–H groups in total. The predicted octanol–water partition coefficient (Wildman–Crippen LogP) is 2.31. The van der Waals surface area contributed by atoms with Crippen LogP contribution in [0, 0.1) is 29.6 Å². The lowest BCUT2D eigenvalue weighted by Gasteiger charge is -2.43. The van der Waals surface area contributed by atoms with Crippen molar-refractivity contribution in [2.24, 2.45) is 29.6 Å². The first-order valence-corrected chi connectivity index (χ1v) is 14.0. The molecule has 1 amide bonds. The first-order valence-electron chi connectivity index (χ1n) is 12.2. The van der Waals surface area contributed by atoms with Gasteiger partial charge in [0.2, 0.25) is 15.9 Å². The Morgan fingerprint density at radius 3 is 2.06 bits per heavy atom. The lowest BCUT2D eigenvalue weighted by atomic mass is 9.74. The van der Waals surface area contributed by atoms with Gasteiger partial charge in [-0.05, 0) is 55.8 Å². The van der Waals surface area contributed by atoms with Crippen molar-refractivity contribution < 1.29 is 26.4 Å². The Balaban J connectivity index is 1.50. The fourth-order valence-corrected chi connectivity index (χ4v) is 7.63. The van der Waals surface area contributed by atoms with Crippen molar-refractivity contribution in [3.05, 3.63) is 0 Å². The molecule has 6 atom stereocenters. The lowest BCUT2D eigenvalue weighted by Crippen LogP contribution is -2.53. The van der Waals surface area contributed by atoms with Gasteiger partial charge < -0.3 is 4.90 Å². The largest absolute Gasteiger partial charge is 0.406 e. The van der Waals surface area contributed by atoms with Crippen molar-refractivity contribution in [1.82, 2.24) is 19.6 Å². The fraction of sp³-hybridized carbons (Fsp3) is 0.955. The van der Waals surface area contributed by atoms with Crippen LogP contribution in [-0.4, -0.2) is 85.8 Å². The molecule has 0 aliphatic carbocycles. The highest BCUT2D eigenvalue weighted by Gasteiger charge is 2.59. The van der Waals surface area contributed by atoms with Crippen molar-refractivity contribution in [3.63, 3.8) is 0 Å². The predicted molar refractivity (Wildman–Crippen MR) is 118 cm³/mol. The minimum Gasteiger partial charge on any atom is -0.342 e.